The number of piperidine rings is 1. The van der Waals surface area contributed by atoms with Crippen LogP contribution in [0.2, 0.25) is 0 Å². The Kier molecular flexibility index (Phi) is 6.96. The van der Waals surface area contributed by atoms with Crippen molar-refractivity contribution in [1.29, 1.82) is 0 Å². The third kappa shape index (κ3) is 6.23. The molecule has 1 rings (SSSR count). The fourth-order valence-corrected chi connectivity index (χ4v) is 2.63. The monoisotopic (exact) mass is 283 g/mol. The summed E-state index contributed by atoms with van der Waals surface area (Å²) in [6.07, 6.45) is 4.46. The lowest BCUT2D eigenvalue weighted by Crippen LogP contribution is -2.52. The number of amides is 1. The molecular formula is C16H33N3O. The molecule has 4 heteroatoms. The van der Waals surface area contributed by atoms with Crippen LogP contribution in [0, 0.1) is 5.92 Å². The summed E-state index contributed by atoms with van der Waals surface area (Å²) in [5.41, 5.74) is 0.248. The summed E-state index contributed by atoms with van der Waals surface area (Å²) in [6.45, 7) is 11.4. The van der Waals surface area contributed by atoms with Gasteiger partial charge in [0, 0.05) is 24.7 Å². The molecule has 1 unspecified atom stereocenters. The second kappa shape index (κ2) is 7.99. The van der Waals surface area contributed by atoms with Crippen LogP contribution in [0.3, 0.4) is 0 Å². The van der Waals surface area contributed by atoms with Gasteiger partial charge in [-0.25, -0.2) is 0 Å². The van der Waals surface area contributed by atoms with Crippen molar-refractivity contribution in [1.82, 2.24) is 15.5 Å². The van der Waals surface area contributed by atoms with E-state index in [0.717, 1.165) is 32.4 Å². The van der Waals surface area contributed by atoms with Crippen LogP contribution in [0.5, 0.6) is 0 Å². The van der Waals surface area contributed by atoms with Crippen LogP contribution in [0.15, 0.2) is 0 Å². The molecule has 0 aromatic carbocycles. The molecular weight excluding hydrogens is 250 g/mol. The van der Waals surface area contributed by atoms with E-state index >= 15 is 0 Å². The zero-order chi connectivity index (χ0) is 15.2. The van der Waals surface area contributed by atoms with Gasteiger partial charge in [-0.2, -0.15) is 0 Å². The zero-order valence-corrected chi connectivity index (χ0v) is 14.0. The van der Waals surface area contributed by atoms with Crippen LogP contribution in [0.1, 0.15) is 53.4 Å². The number of hydrogen-bond acceptors (Lipinski definition) is 3. The molecule has 1 heterocycles. The molecule has 0 aromatic rings. The normalized spacial score (nSPS) is 20.9. The quantitative estimate of drug-likeness (QED) is 0.751. The molecule has 1 atom stereocenters. The Labute approximate surface area is 124 Å². The molecule has 0 spiro atoms. The lowest BCUT2D eigenvalue weighted by molar-refractivity contribution is -0.123. The van der Waals surface area contributed by atoms with Gasteiger partial charge in [0.15, 0.2) is 0 Å². The minimum atomic E-state index is 0.175. The molecule has 2 N–H and O–H groups in total. The molecule has 1 amide bonds. The Morgan fingerprint density at radius 2 is 1.80 bits per heavy atom. The molecule has 4 nitrogen and oxygen atoms in total. The van der Waals surface area contributed by atoms with Gasteiger partial charge in [-0.1, -0.05) is 13.8 Å². The third-order valence-electron chi connectivity index (χ3n) is 4.51. The SMILES string of the molecule is CNC1(C)CCN(CC(=O)NC(C)CCC(C)C)CC1. The first kappa shape index (κ1) is 17.4. The Balaban J connectivity index is 2.23. The smallest absolute Gasteiger partial charge is 0.234 e. The minimum absolute atomic E-state index is 0.175. The topological polar surface area (TPSA) is 44.4 Å². The van der Waals surface area contributed by atoms with E-state index in [4.69, 9.17) is 0 Å². The molecule has 0 bridgehead atoms. The molecule has 20 heavy (non-hydrogen) atoms. The molecule has 0 aromatic heterocycles. The molecule has 1 saturated heterocycles. The van der Waals surface area contributed by atoms with E-state index in [-0.39, 0.29) is 17.5 Å². The van der Waals surface area contributed by atoms with Gasteiger partial charge in [-0.15, -0.1) is 0 Å². The summed E-state index contributed by atoms with van der Waals surface area (Å²) in [6, 6.07) is 0.289. The highest BCUT2D eigenvalue weighted by Gasteiger charge is 2.28. The molecule has 1 fully saturated rings. The summed E-state index contributed by atoms with van der Waals surface area (Å²) in [5, 5.41) is 6.51. The predicted molar refractivity (Wildman–Crippen MR) is 84.8 cm³/mol. The van der Waals surface area contributed by atoms with Gasteiger partial charge in [0.25, 0.3) is 0 Å². The third-order valence-corrected chi connectivity index (χ3v) is 4.51. The van der Waals surface area contributed by atoms with Gasteiger partial charge in [-0.3, -0.25) is 9.69 Å². The van der Waals surface area contributed by atoms with Crippen molar-refractivity contribution in [2.75, 3.05) is 26.7 Å². The zero-order valence-electron chi connectivity index (χ0n) is 14.0. The fraction of sp³-hybridized carbons (Fsp3) is 0.938. The maximum atomic E-state index is 12.0. The minimum Gasteiger partial charge on any atom is -0.353 e. The van der Waals surface area contributed by atoms with Gasteiger partial charge in [0.1, 0.15) is 0 Å². The number of carbonyl (C=O) groups excluding carboxylic acids is 1. The first-order chi connectivity index (χ1) is 9.34. The molecule has 0 aliphatic carbocycles. The summed E-state index contributed by atoms with van der Waals surface area (Å²) < 4.78 is 0. The Hall–Kier alpha value is -0.610. The number of hydrogen-bond donors (Lipinski definition) is 2. The van der Waals surface area contributed by atoms with Crippen molar-refractivity contribution in [3.05, 3.63) is 0 Å². The van der Waals surface area contributed by atoms with E-state index in [1.54, 1.807) is 0 Å². The van der Waals surface area contributed by atoms with Gasteiger partial charge in [0.05, 0.1) is 6.54 Å². The van der Waals surface area contributed by atoms with E-state index in [0.29, 0.717) is 12.5 Å². The maximum Gasteiger partial charge on any atom is 0.234 e. The highest BCUT2D eigenvalue weighted by atomic mass is 16.2. The maximum absolute atomic E-state index is 12.0. The van der Waals surface area contributed by atoms with Crippen LogP contribution in [-0.4, -0.2) is 49.1 Å². The Morgan fingerprint density at radius 3 is 2.30 bits per heavy atom. The number of likely N-dealkylation sites (tertiary alicyclic amines) is 1. The van der Waals surface area contributed by atoms with E-state index in [1.165, 1.54) is 6.42 Å². The molecule has 0 saturated carbocycles. The molecule has 0 radical (unpaired) electrons. The number of carbonyl (C=O) groups is 1. The van der Waals surface area contributed by atoms with E-state index in [1.807, 2.05) is 7.05 Å². The van der Waals surface area contributed by atoms with E-state index in [9.17, 15) is 4.79 Å². The molecule has 1 aliphatic rings. The van der Waals surface area contributed by atoms with Crippen molar-refractivity contribution < 1.29 is 4.79 Å². The van der Waals surface area contributed by atoms with Crippen LogP contribution >= 0.6 is 0 Å². The van der Waals surface area contributed by atoms with Crippen molar-refractivity contribution in [2.45, 2.75) is 65.0 Å². The lowest BCUT2D eigenvalue weighted by atomic mass is 9.90. The van der Waals surface area contributed by atoms with Gasteiger partial charge < -0.3 is 10.6 Å². The second-order valence-corrected chi connectivity index (χ2v) is 7.03. The molecule has 118 valence electrons. The Bertz CT molecular complexity index is 296. The number of nitrogens with zero attached hydrogens (tertiary/aromatic N) is 1. The predicted octanol–water partition coefficient (Wildman–Crippen LogP) is 2.00. The van der Waals surface area contributed by atoms with Crippen LogP contribution in [-0.2, 0) is 4.79 Å². The average molecular weight is 283 g/mol. The van der Waals surface area contributed by atoms with Crippen LogP contribution < -0.4 is 10.6 Å². The highest BCUT2D eigenvalue weighted by molar-refractivity contribution is 5.78. The summed E-state index contributed by atoms with van der Waals surface area (Å²) in [4.78, 5) is 14.3. The molecule has 1 aliphatic heterocycles. The largest absolute Gasteiger partial charge is 0.353 e. The fourth-order valence-electron chi connectivity index (χ4n) is 2.63. The van der Waals surface area contributed by atoms with Crippen molar-refractivity contribution in [3.8, 4) is 0 Å². The highest BCUT2D eigenvalue weighted by Crippen LogP contribution is 2.20. The van der Waals surface area contributed by atoms with Gasteiger partial charge in [-0.05, 0) is 52.5 Å². The average Bonchev–Trinajstić information content (AvgIpc) is 2.39. The summed E-state index contributed by atoms with van der Waals surface area (Å²) >= 11 is 0. The first-order valence-corrected chi connectivity index (χ1v) is 8.05. The van der Waals surface area contributed by atoms with Crippen LogP contribution in [0.25, 0.3) is 0 Å². The first-order valence-electron chi connectivity index (χ1n) is 8.05. The van der Waals surface area contributed by atoms with Gasteiger partial charge >= 0.3 is 0 Å². The Morgan fingerprint density at radius 1 is 1.20 bits per heavy atom. The standard InChI is InChI=1S/C16H33N3O/c1-13(2)6-7-14(3)18-15(20)12-19-10-8-16(4,17-5)9-11-19/h13-14,17H,6-12H2,1-5H3,(H,18,20). The van der Waals surface area contributed by atoms with Gasteiger partial charge in [0.2, 0.25) is 5.91 Å². The lowest BCUT2D eigenvalue weighted by Gasteiger charge is -2.39. The van der Waals surface area contributed by atoms with Crippen LogP contribution in [0.4, 0.5) is 0 Å². The number of rotatable bonds is 7. The van der Waals surface area contributed by atoms with E-state index < -0.39 is 0 Å². The van der Waals surface area contributed by atoms with E-state index in [2.05, 4.69) is 43.2 Å². The van der Waals surface area contributed by atoms with Crippen molar-refractivity contribution in [2.24, 2.45) is 5.92 Å². The van der Waals surface area contributed by atoms with Crippen molar-refractivity contribution in [3.63, 3.8) is 0 Å². The second-order valence-electron chi connectivity index (χ2n) is 7.03. The number of nitrogens with one attached hydrogen (secondary N) is 2. The van der Waals surface area contributed by atoms with Crippen molar-refractivity contribution >= 4 is 5.91 Å². The summed E-state index contributed by atoms with van der Waals surface area (Å²) in [5.74, 6) is 0.880. The summed E-state index contributed by atoms with van der Waals surface area (Å²) in [7, 11) is 2.03.